The standard InChI is InChI=1S/C16H17NO2/c1-16(17,15(18)19-2)14-10-8-13(9-11-14)12-6-4-3-5-7-12/h3-11H,17H2,1-2H3/t16-/m1/s1. The number of ether oxygens (including phenoxy) is 1. The number of carbonyl (C=O) groups excluding carboxylic acids is 1. The minimum Gasteiger partial charge on any atom is -0.467 e. The van der Waals surface area contributed by atoms with E-state index in [-0.39, 0.29) is 0 Å². The molecule has 0 heterocycles. The Bertz CT molecular complexity index is 559. The summed E-state index contributed by atoms with van der Waals surface area (Å²) in [5.41, 5.74) is 7.84. The fraction of sp³-hybridized carbons (Fsp3) is 0.188. The van der Waals surface area contributed by atoms with Crippen LogP contribution in [0.3, 0.4) is 0 Å². The van der Waals surface area contributed by atoms with Crippen molar-refractivity contribution in [1.82, 2.24) is 0 Å². The summed E-state index contributed by atoms with van der Waals surface area (Å²) in [6, 6.07) is 17.7. The van der Waals surface area contributed by atoms with Crippen molar-refractivity contribution in [2.45, 2.75) is 12.5 Å². The number of methoxy groups -OCH3 is 1. The van der Waals surface area contributed by atoms with Crippen LogP contribution < -0.4 is 5.73 Å². The van der Waals surface area contributed by atoms with Gasteiger partial charge in [-0.15, -0.1) is 0 Å². The molecule has 0 aliphatic heterocycles. The van der Waals surface area contributed by atoms with Crippen LogP contribution in [0.15, 0.2) is 54.6 Å². The average Bonchev–Trinajstić information content (AvgIpc) is 2.47. The zero-order valence-corrected chi connectivity index (χ0v) is 11.1. The normalized spacial score (nSPS) is 13.6. The monoisotopic (exact) mass is 255 g/mol. The van der Waals surface area contributed by atoms with Crippen molar-refractivity contribution >= 4 is 5.97 Å². The van der Waals surface area contributed by atoms with E-state index in [4.69, 9.17) is 10.5 Å². The van der Waals surface area contributed by atoms with Crippen molar-refractivity contribution in [3.8, 4) is 11.1 Å². The van der Waals surface area contributed by atoms with E-state index in [1.165, 1.54) is 7.11 Å². The van der Waals surface area contributed by atoms with Gasteiger partial charge in [0.15, 0.2) is 0 Å². The van der Waals surface area contributed by atoms with E-state index in [0.29, 0.717) is 0 Å². The zero-order chi connectivity index (χ0) is 13.9. The summed E-state index contributed by atoms with van der Waals surface area (Å²) in [6.07, 6.45) is 0. The predicted octanol–water partition coefficient (Wildman–Crippen LogP) is 2.70. The molecule has 19 heavy (non-hydrogen) atoms. The van der Waals surface area contributed by atoms with E-state index in [2.05, 4.69) is 0 Å². The van der Waals surface area contributed by atoms with Crippen molar-refractivity contribution in [3.63, 3.8) is 0 Å². The Morgan fingerprint density at radius 2 is 1.53 bits per heavy atom. The van der Waals surface area contributed by atoms with E-state index in [1.807, 2.05) is 54.6 Å². The van der Waals surface area contributed by atoms with Crippen LogP contribution in [0.5, 0.6) is 0 Å². The van der Waals surface area contributed by atoms with Crippen molar-refractivity contribution in [2.24, 2.45) is 5.73 Å². The number of hydrogen-bond donors (Lipinski definition) is 1. The Morgan fingerprint density at radius 1 is 1.00 bits per heavy atom. The number of nitrogens with two attached hydrogens (primary N) is 1. The minimum atomic E-state index is -1.12. The molecule has 2 aromatic carbocycles. The number of hydrogen-bond acceptors (Lipinski definition) is 3. The van der Waals surface area contributed by atoms with Crippen LogP contribution in [0.1, 0.15) is 12.5 Å². The molecule has 2 N–H and O–H groups in total. The fourth-order valence-electron chi connectivity index (χ4n) is 1.97. The average molecular weight is 255 g/mol. The first kappa shape index (κ1) is 13.3. The molecule has 0 bridgehead atoms. The third kappa shape index (κ3) is 2.66. The summed E-state index contributed by atoms with van der Waals surface area (Å²) >= 11 is 0. The Labute approximate surface area is 113 Å². The van der Waals surface area contributed by atoms with Gasteiger partial charge >= 0.3 is 5.97 Å². The van der Waals surface area contributed by atoms with Gasteiger partial charge in [0, 0.05) is 0 Å². The lowest BCUT2D eigenvalue weighted by atomic mass is 9.91. The minimum absolute atomic E-state index is 0.444. The molecular weight excluding hydrogens is 238 g/mol. The predicted molar refractivity (Wildman–Crippen MR) is 75.4 cm³/mol. The van der Waals surface area contributed by atoms with Gasteiger partial charge in [-0.1, -0.05) is 54.6 Å². The second-order valence-electron chi connectivity index (χ2n) is 4.64. The van der Waals surface area contributed by atoms with E-state index >= 15 is 0 Å². The van der Waals surface area contributed by atoms with Gasteiger partial charge in [0.2, 0.25) is 0 Å². The number of rotatable bonds is 3. The Hall–Kier alpha value is -2.13. The first-order chi connectivity index (χ1) is 9.05. The molecule has 0 aliphatic rings. The first-order valence-electron chi connectivity index (χ1n) is 6.09. The summed E-state index contributed by atoms with van der Waals surface area (Å²) in [4.78, 5) is 11.6. The second kappa shape index (κ2) is 5.24. The van der Waals surface area contributed by atoms with Crippen molar-refractivity contribution in [1.29, 1.82) is 0 Å². The van der Waals surface area contributed by atoms with Crippen molar-refractivity contribution < 1.29 is 9.53 Å². The molecule has 98 valence electrons. The van der Waals surface area contributed by atoms with Crippen LogP contribution in [-0.2, 0) is 15.1 Å². The lowest BCUT2D eigenvalue weighted by molar-refractivity contribution is -0.146. The summed E-state index contributed by atoms with van der Waals surface area (Å²) < 4.78 is 4.72. The van der Waals surface area contributed by atoms with Gasteiger partial charge in [-0.3, -0.25) is 0 Å². The lowest BCUT2D eigenvalue weighted by Gasteiger charge is -2.22. The van der Waals surface area contributed by atoms with Gasteiger partial charge in [0.05, 0.1) is 7.11 Å². The molecule has 0 radical (unpaired) electrons. The van der Waals surface area contributed by atoms with Crippen molar-refractivity contribution in [3.05, 3.63) is 60.2 Å². The van der Waals surface area contributed by atoms with Gasteiger partial charge < -0.3 is 10.5 Å². The number of carbonyl (C=O) groups is 1. The Morgan fingerprint density at radius 3 is 2.05 bits per heavy atom. The molecule has 0 fully saturated rings. The highest BCUT2D eigenvalue weighted by Gasteiger charge is 2.31. The van der Waals surface area contributed by atoms with Crippen LogP contribution in [0.25, 0.3) is 11.1 Å². The van der Waals surface area contributed by atoms with Gasteiger partial charge in [-0.25, -0.2) is 4.79 Å². The van der Waals surface area contributed by atoms with Gasteiger partial charge in [0.1, 0.15) is 5.54 Å². The molecule has 0 aliphatic carbocycles. The van der Waals surface area contributed by atoms with Crippen LogP contribution >= 0.6 is 0 Å². The first-order valence-corrected chi connectivity index (χ1v) is 6.09. The molecule has 3 heteroatoms. The number of esters is 1. The summed E-state index contributed by atoms with van der Waals surface area (Å²) in [7, 11) is 1.34. The molecule has 2 aromatic rings. The number of benzene rings is 2. The van der Waals surface area contributed by atoms with E-state index in [0.717, 1.165) is 16.7 Å². The Balaban J connectivity index is 2.31. The molecule has 0 spiro atoms. The summed E-state index contributed by atoms with van der Waals surface area (Å²) in [6.45, 7) is 1.65. The molecule has 0 saturated carbocycles. The highest BCUT2D eigenvalue weighted by molar-refractivity contribution is 5.82. The third-order valence-corrected chi connectivity index (χ3v) is 3.20. The van der Waals surface area contributed by atoms with Gasteiger partial charge in [-0.05, 0) is 23.6 Å². The van der Waals surface area contributed by atoms with Gasteiger partial charge in [-0.2, -0.15) is 0 Å². The smallest absolute Gasteiger partial charge is 0.330 e. The maximum atomic E-state index is 11.6. The van der Waals surface area contributed by atoms with E-state index < -0.39 is 11.5 Å². The van der Waals surface area contributed by atoms with E-state index in [1.54, 1.807) is 6.92 Å². The highest BCUT2D eigenvalue weighted by Crippen LogP contribution is 2.24. The molecule has 0 saturated heterocycles. The lowest BCUT2D eigenvalue weighted by Crippen LogP contribution is -2.42. The highest BCUT2D eigenvalue weighted by atomic mass is 16.5. The Kier molecular flexibility index (Phi) is 3.67. The second-order valence-corrected chi connectivity index (χ2v) is 4.64. The molecule has 1 atom stereocenters. The molecule has 0 unspecified atom stereocenters. The van der Waals surface area contributed by atoms with Crippen LogP contribution in [0.2, 0.25) is 0 Å². The molecule has 0 aromatic heterocycles. The zero-order valence-electron chi connectivity index (χ0n) is 11.1. The third-order valence-electron chi connectivity index (χ3n) is 3.20. The SMILES string of the molecule is COC(=O)[C@](C)(N)c1ccc(-c2ccccc2)cc1. The fourth-order valence-corrected chi connectivity index (χ4v) is 1.97. The molecule has 2 rings (SSSR count). The molecule has 0 amide bonds. The largest absolute Gasteiger partial charge is 0.467 e. The van der Waals surface area contributed by atoms with Crippen LogP contribution in [0, 0.1) is 0 Å². The molecule has 3 nitrogen and oxygen atoms in total. The van der Waals surface area contributed by atoms with Gasteiger partial charge in [0.25, 0.3) is 0 Å². The summed E-state index contributed by atoms with van der Waals surface area (Å²) in [5.74, 6) is -0.444. The van der Waals surface area contributed by atoms with Crippen molar-refractivity contribution in [2.75, 3.05) is 7.11 Å². The van der Waals surface area contributed by atoms with Crippen LogP contribution in [0.4, 0.5) is 0 Å². The molecular formula is C16H17NO2. The maximum Gasteiger partial charge on any atom is 0.330 e. The maximum absolute atomic E-state index is 11.6. The quantitative estimate of drug-likeness (QED) is 0.858. The van der Waals surface area contributed by atoms with Crippen LogP contribution in [-0.4, -0.2) is 13.1 Å². The van der Waals surface area contributed by atoms with E-state index in [9.17, 15) is 4.79 Å². The summed E-state index contributed by atoms with van der Waals surface area (Å²) in [5, 5.41) is 0. The topological polar surface area (TPSA) is 52.3 Å².